The maximum Gasteiger partial charge on any atom is 0.275 e. The van der Waals surface area contributed by atoms with Crippen LogP contribution in [0.4, 0.5) is 0 Å². The van der Waals surface area contributed by atoms with Crippen molar-refractivity contribution in [1.82, 2.24) is 5.43 Å². The van der Waals surface area contributed by atoms with E-state index in [1.807, 2.05) is 30.5 Å². The van der Waals surface area contributed by atoms with Crippen LogP contribution in [-0.2, 0) is 18.0 Å². The number of ether oxygens (including phenoxy) is 1. The molecule has 96 valence electrons. The first kappa shape index (κ1) is 13.2. The highest BCUT2D eigenvalue weighted by atomic mass is 32.1. The third kappa shape index (κ3) is 3.17. The van der Waals surface area contributed by atoms with Gasteiger partial charge in [0.15, 0.2) is 0 Å². The van der Waals surface area contributed by atoms with Crippen molar-refractivity contribution >= 4 is 28.6 Å². The van der Waals surface area contributed by atoms with Gasteiger partial charge in [-0.05, 0) is 30.0 Å². The van der Waals surface area contributed by atoms with Crippen molar-refractivity contribution in [3.63, 3.8) is 0 Å². The number of aryl methyl sites for hydroxylation is 1. The number of nitrogens with two attached hydrogens (primary N) is 1. The minimum absolute atomic E-state index is 0.257. The zero-order valence-corrected chi connectivity index (χ0v) is 11.6. The van der Waals surface area contributed by atoms with Gasteiger partial charge in [-0.25, -0.2) is 5.84 Å². The Balaban J connectivity index is 1.93. The van der Waals surface area contributed by atoms with Crippen LogP contribution in [0.5, 0.6) is 0 Å². The third-order valence-electron chi connectivity index (χ3n) is 2.46. The number of hydrogen-bond acceptors (Lipinski definition) is 5. The zero-order chi connectivity index (χ0) is 13.0. The van der Waals surface area contributed by atoms with Gasteiger partial charge in [-0.2, -0.15) is 0 Å². The van der Waals surface area contributed by atoms with Gasteiger partial charge in [0.2, 0.25) is 0 Å². The molecule has 0 aliphatic rings. The average Bonchev–Trinajstić information content (AvgIpc) is 2.99. The first-order valence-corrected chi connectivity index (χ1v) is 7.10. The summed E-state index contributed by atoms with van der Waals surface area (Å²) in [6.07, 6.45) is 0. The number of carbonyl (C=O) groups excluding carboxylic acids is 1. The Hall–Kier alpha value is -1.21. The standard InChI is InChI=1S/C12H14N2O2S2/c1-8-9(5-11(18-8)12(15)14-13)6-16-7-10-3-2-4-17-10/h2-5H,6-7,13H2,1H3,(H,14,15). The van der Waals surface area contributed by atoms with Crippen LogP contribution in [-0.4, -0.2) is 5.91 Å². The van der Waals surface area contributed by atoms with Gasteiger partial charge in [0.1, 0.15) is 0 Å². The lowest BCUT2D eigenvalue weighted by Crippen LogP contribution is -2.29. The van der Waals surface area contributed by atoms with Crippen LogP contribution >= 0.6 is 22.7 Å². The maximum absolute atomic E-state index is 11.4. The fourth-order valence-corrected chi connectivity index (χ4v) is 3.07. The number of hydrazine groups is 1. The second kappa shape index (κ2) is 6.10. The molecule has 0 saturated heterocycles. The Kier molecular flexibility index (Phi) is 4.48. The van der Waals surface area contributed by atoms with Gasteiger partial charge in [0, 0.05) is 9.75 Å². The molecule has 0 aliphatic carbocycles. The van der Waals surface area contributed by atoms with Gasteiger partial charge in [-0.1, -0.05) is 6.07 Å². The van der Waals surface area contributed by atoms with Crippen molar-refractivity contribution in [1.29, 1.82) is 0 Å². The summed E-state index contributed by atoms with van der Waals surface area (Å²) in [6.45, 7) is 3.09. The summed E-state index contributed by atoms with van der Waals surface area (Å²) in [5.41, 5.74) is 3.17. The number of amides is 1. The molecule has 0 aromatic carbocycles. The van der Waals surface area contributed by atoms with Crippen LogP contribution in [0.1, 0.15) is 25.0 Å². The molecule has 2 aromatic heterocycles. The van der Waals surface area contributed by atoms with Gasteiger partial charge >= 0.3 is 0 Å². The third-order valence-corrected chi connectivity index (χ3v) is 4.40. The molecule has 2 rings (SSSR count). The molecule has 0 unspecified atom stereocenters. The van der Waals surface area contributed by atoms with E-state index in [0.717, 1.165) is 10.4 Å². The first-order chi connectivity index (χ1) is 8.70. The lowest BCUT2D eigenvalue weighted by molar-refractivity contribution is 0.0956. The highest BCUT2D eigenvalue weighted by Crippen LogP contribution is 2.22. The van der Waals surface area contributed by atoms with Crippen LogP contribution in [0, 0.1) is 6.92 Å². The van der Waals surface area contributed by atoms with Gasteiger partial charge in [-0.15, -0.1) is 22.7 Å². The van der Waals surface area contributed by atoms with E-state index >= 15 is 0 Å². The Morgan fingerprint density at radius 2 is 2.33 bits per heavy atom. The summed E-state index contributed by atoms with van der Waals surface area (Å²) in [4.78, 5) is 14.3. The zero-order valence-electron chi connectivity index (χ0n) is 9.93. The molecule has 6 heteroatoms. The molecule has 2 aromatic rings. The Bertz CT molecular complexity index is 520. The van der Waals surface area contributed by atoms with E-state index in [1.54, 1.807) is 11.3 Å². The quantitative estimate of drug-likeness (QED) is 0.503. The molecule has 0 bridgehead atoms. The van der Waals surface area contributed by atoms with Crippen molar-refractivity contribution in [2.75, 3.05) is 0 Å². The van der Waals surface area contributed by atoms with E-state index < -0.39 is 0 Å². The monoisotopic (exact) mass is 282 g/mol. The van der Waals surface area contributed by atoms with Crippen molar-refractivity contribution < 1.29 is 9.53 Å². The summed E-state index contributed by atoms with van der Waals surface area (Å²) < 4.78 is 5.63. The lowest BCUT2D eigenvalue weighted by atomic mass is 10.2. The van der Waals surface area contributed by atoms with E-state index in [1.165, 1.54) is 16.2 Å². The van der Waals surface area contributed by atoms with E-state index in [0.29, 0.717) is 18.1 Å². The number of hydrogen-bond donors (Lipinski definition) is 2. The molecule has 0 aliphatic heterocycles. The Morgan fingerprint density at radius 1 is 1.50 bits per heavy atom. The fraction of sp³-hybridized carbons (Fsp3) is 0.250. The fourth-order valence-electron chi connectivity index (χ4n) is 1.50. The summed E-state index contributed by atoms with van der Waals surface area (Å²) in [7, 11) is 0. The maximum atomic E-state index is 11.4. The first-order valence-electron chi connectivity index (χ1n) is 5.41. The number of nitrogen functional groups attached to an aromatic ring is 1. The van der Waals surface area contributed by atoms with E-state index in [9.17, 15) is 4.79 Å². The second-order valence-corrected chi connectivity index (χ2v) is 6.03. The molecule has 0 fully saturated rings. The summed E-state index contributed by atoms with van der Waals surface area (Å²) in [5.74, 6) is 4.85. The summed E-state index contributed by atoms with van der Waals surface area (Å²) >= 11 is 3.10. The molecule has 4 nitrogen and oxygen atoms in total. The molecule has 0 spiro atoms. The molecule has 1 amide bonds. The minimum atomic E-state index is -0.257. The van der Waals surface area contributed by atoms with Crippen LogP contribution in [0.2, 0.25) is 0 Å². The number of nitrogens with one attached hydrogen (secondary N) is 1. The van der Waals surface area contributed by atoms with Crippen molar-refractivity contribution in [3.8, 4) is 0 Å². The SMILES string of the molecule is Cc1sc(C(=O)NN)cc1COCc1cccs1. The molecular weight excluding hydrogens is 268 g/mol. The van der Waals surface area contributed by atoms with Crippen LogP contribution in [0.25, 0.3) is 0 Å². The van der Waals surface area contributed by atoms with Gasteiger partial charge in [0.25, 0.3) is 5.91 Å². The Labute approximate surface area is 113 Å². The molecular formula is C12H14N2O2S2. The molecule has 0 atom stereocenters. The normalized spacial score (nSPS) is 10.6. The minimum Gasteiger partial charge on any atom is -0.371 e. The van der Waals surface area contributed by atoms with Crippen molar-refractivity contribution in [2.45, 2.75) is 20.1 Å². The van der Waals surface area contributed by atoms with Crippen molar-refractivity contribution in [2.24, 2.45) is 5.84 Å². The van der Waals surface area contributed by atoms with Gasteiger partial charge in [0.05, 0.1) is 18.1 Å². The average molecular weight is 282 g/mol. The van der Waals surface area contributed by atoms with Crippen LogP contribution < -0.4 is 11.3 Å². The largest absolute Gasteiger partial charge is 0.371 e. The predicted octanol–water partition coefficient (Wildman–Crippen LogP) is 2.44. The van der Waals surface area contributed by atoms with E-state index in [4.69, 9.17) is 10.6 Å². The highest BCUT2D eigenvalue weighted by molar-refractivity contribution is 7.14. The smallest absolute Gasteiger partial charge is 0.275 e. The topological polar surface area (TPSA) is 64.4 Å². The molecule has 18 heavy (non-hydrogen) atoms. The van der Waals surface area contributed by atoms with Crippen LogP contribution in [0.15, 0.2) is 23.6 Å². The van der Waals surface area contributed by atoms with E-state index in [2.05, 4.69) is 5.43 Å². The highest BCUT2D eigenvalue weighted by Gasteiger charge is 2.11. The van der Waals surface area contributed by atoms with Crippen molar-refractivity contribution in [3.05, 3.63) is 43.8 Å². The number of rotatable bonds is 5. The number of carbonyl (C=O) groups is 1. The summed E-state index contributed by atoms with van der Waals surface area (Å²) in [6, 6.07) is 5.87. The predicted molar refractivity (Wildman–Crippen MR) is 73.5 cm³/mol. The molecule has 0 radical (unpaired) electrons. The molecule has 2 heterocycles. The number of thiophene rings is 2. The summed E-state index contributed by atoms with van der Waals surface area (Å²) in [5, 5.41) is 2.03. The van der Waals surface area contributed by atoms with E-state index in [-0.39, 0.29) is 5.91 Å². The Morgan fingerprint density at radius 3 is 3.00 bits per heavy atom. The lowest BCUT2D eigenvalue weighted by Gasteiger charge is -2.01. The van der Waals surface area contributed by atoms with Gasteiger partial charge in [-0.3, -0.25) is 10.2 Å². The molecule has 3 N–H and O–H groups in total. The van der Waals surface area contributed by atoms with Crippen LogP contribution in [0.3, 0.4) is 0 Å². The van der Waals surface area contributed by atoms with Gasteiger partial charge < -0.3 is 4.74 Å². The second-order valence-electron chi connectivity index (χ2n) is 3.74. The molecule has 0 saturated carbocycles.